The van der Waals surface area contributed by atoms with Gasteiger partial charge in [-0.25, -0.2) is 0 Å². The lowest BCUT2D eigenvalue weighted by atomic mass is 9.95. The van der Waals surface area contributed by atoms with Gasteiger partial charge in [0.25, 0.3) is 0 Å². The first kappa shape index (κ1) is 11.9. The van der Waals surface area contributed by atoms with Crippen molar-refractivity contribution in [2.75, 3.05) is 45.8 Å². The molecule has 0 bridgehead atoms. The fourth-order valence-corrected chi connectivity index (χ4v) is 4.00. The molecule has 3 rings (SSSR count). The van der Waals surface area contributed by atoms with Crippen molar-refractivity contribution >= 4 is 0 Å². The predicted molar refractivity (Wildman–Crippen MR) is 71.2 cm³/mol. The fourth-order valence-electron chi connectivity index (χ4n) is 4.00. The molecule has 3 unspecified atom stereocenters. The molecule has 0 aromatic carbocycles. The lowest BCUT2D eigenvalue weighted by Gasteiger charge is -2.30. The van der Waals surface area contributed by atoms with Gasteiger partial charge >= 0.3 is 0 Å². The molecule has 0 amide bonds. The van der Waals surface area contributed by atoms with Crippen molar-refractivity contribution in [3.05, 3.63) is 0 Å². The van der Waals surface area contributed by atoms with E-state index in [2.05, 4.69) is 22.0 Å². The van der Waals surface area contributed by atoms with Crippen molar-refractivity contribution in [2.24, 2.45) is 11.8 Å². The van der Waals surface area contributed by atoms with E-state index in [1.54, 1.807) is 0 Å². The minimum Gasteiger partial charge on any atom is -0.316 e. The van der Waals surface area contributed by atoms with Crippen LogP contribution >= 0.6 is 0 Å². The fraction of sp³-hybridized carbons (Fsp3) is 1.00. The van der Waals surface area contributed by atoms with Crippen molar-refractivity contribution in [1.29, 1.82) is 0 Å². The highest BCUT2D eigenvalue weighted by Crippen LogP contribution is 2.31. The highest BCUT2D eigenvalue weighted by molar-refractivity contribution is 4.96. The van der Waals surface area contributed by atoms with Crippen LogP contribution in [-0.2, 0) is 0 Å². The molecule has 3 aliphatic rings. The van der Waals surface area contributed by atoms with E-state index in [0.29, 0.717) is 0 Å². The van der Waals surface area contributed by atoms with Crippen molar-refractivity contribution in [1.82, 2.24) is 15.1 Å². The molecule has 3 heterocycles. The quantitative estimate of drug-likeness (QED) is 0.790. The van der Waals surface area contributed by atoms with Crippen LogP contribution in [0.25, 0.3) is 0 Å². The SMILES string of the molecule is CC1C2CNCC2CN1CCN1CCCCC1. The Morgan fingerprint density at radius 1 is 1.06 bits per heavy atom. The van der Waals surface area contributed by atoms with E-state index >= 15 is 0 Å². The minimum atomic E-state index is 0.805. The lowest BCUT2D eigenvalue weighted by molar-refractivity contribution is 0.169. The molecule has 0 aliphatic carbocycles. The molecule has 0 aromatic rings. The summed E-state index contributed by atoms with van der Waals surface area (Å²) in [6.45, 7) is 11.6. The molecule has 3 saturated heterocycles. The Bertz CT molecular complexity index is 250. The van der Waals surface area contributed by atoms with E-state index in [1.807, 2.05) is 0 Å². The van der Waals surface area contributed by atoms with Gasteiger partial charge in [-0.3, -0.25) is 4.90 Å². The zero-order valence-electron chi connectivity index (χ0n) is 11.2. The third-order valence-corrected chi connectivity index (χ3v) is 5.21. The molecule has 17 heavy (non-hydrogen) atoms. The van der Waals surface area contributed by atoms with Crippen LogP contribution in [0.1, 0.15) is 26.2 Å². The van der Waals surface area contributed by atoms with Crippen LogP contribution < -0.4 is 5.32 Å². The smallest absolute Gasteiger partial charge is 0.0112 e. The monoisotopic (exact) mass is 237 g/mol. The maximum Gasteiger partial charge on any atom is 0.0112 e. The zero-order chi connectivity index (χ0) is 11.7. The molecule has 0 aromatic heterocycles. The van der Waals surface area contributed by atoms with Crippen molar-refractivity contribution < 1.29 is 0 Å². The second kappa shape index (κ2) is 5.25. The summed E-state index contributed by atoms with van der Waals surface area (Å²) in [5, 5.41) is 3.54. The molecular formula is C14H27N3. The molecule has 98 valence electrons. The summed E-state index contributed by atoms with van der Waals surface area (Å²) in [5.41, 5.74) is 0. The second-order valence-corrected chi connectivity index (χ2v) is 6.22. The Labute approximate surface area is 106 Å². The Morgan fingerprint density at radius 3 is 2.65 bits per heavy atom. The van der Waals surface area contributed by atoms with Crippen molar-refractivity contribution in [2.45, 2.75) is 32.2 Å². The maximum atomic E-state index is 3.54. The molecule has 0 radical (unpaired) electrons. The molecule has 3 fully saturated rings. The van der Waals surface area contributed by atoms with Crippen molar-refractivity contribution in [3.8, 4) is 0 Å². The van der Waals surface area contributed by atoms with Gasteiger partial charge in [0.05, 0.1) is 0 Å². The van der Waals surface area contributed by atoms with Gasteiger partial charge in [0, 0.05) is 25.7 Å². The third-order valence-electron chi connectivity index (χ3n) is 5.21. The summed E-state index contributed by atoms with van der Waals surface area (Å²) in [6.07, 6.45) is 4.29. The van der Waals surface area contributed by atoms with E-state index in [9.17, 15) is 0 Å². The van der Waals surface area contributed by atoms with Gasteiger partial charge in [-0.05, 0) is 57.8 Å². The van der Waals surface area contributed by atoms with E-state index in [1.165, 1.54) is 65.1 Å². The number of hydrogen-bond donors (Lipinski definition) is 1. The Kier molecular flexibility index (Phi) is 3.69. The molecule has 3 aliphatic heterocycles. The number of likely N-dealkylation sites (tertiary alicyclic amines) is 2. The second-order valence-electron chi connectivity index (χ2n) is 6.22. The molecule has 0 saturated carbocycles. The Balaban J connectivity index is 1.46. The summed E-state index contributed by atoms with van der Waals surface area (Å²) < 4.78 is 0. The van der Waals surface area contributed by atoms with E-state index in [4.69, 9.17) is 0 Å². The van der Waals surface area contributed by atoms with Gasteiger partial charge in [0.15, 0.2) is 0 Å². The maximum absolute atomic E-state index is 3.54. The average Bonchev–Trinajstić information content (AvgIpc) is 2.92. The molecule has 3 heteroatoms. The third kappa shape index (κ3) is 2.51. The van der Waals surface area contributed by atoms with E-state index < -0.39 is 0 Å². The van der Waals surface area contributed by atoms with Crippen LogP contribution in [0.4, 0.5) is 0 Å². The molecule has 0 spiro atoms. The first-order chi connectivity index (χ1) is 8.34. The zero-order valence-corrected chi connectivity index (χ0v) is 11.2. The molecular weight excluding hydrogens is 210 g/mol. The Morgan fingerprint density at radius 2 is 1.88 bits per heavy atom. The molecule has 3 atom stereocenters. The summed E-state index contributed by atoms with van der Waals surface area (Å²) in [7, 11) is 0. The van der Waals surface area contributed by atoms with Crippen LogP contribution in [0.3, 0.4) is 0 Å². The highest BCUT2D eigenvalue weighted by Gasteiger charge is 2.41. The van der Waals surface area contributed by atoms with Crippen LogP contribution in [0.2, 0.25) is 0 Å². The average molecular weight is 237 g/mol. The van der Waals surface area contributed by atoms with Crippen LogP contribution in [-0.4, -0.2) is 61.7 Å². The molecule has 1 N–H and O–H groups in total. The largest absolute Gasteiger partial charge is 0.316 e. The van der Waals surface area contributed by atoms with Crippen LogP contribution in [0.15, 0.2) is 0 Å². The van der Waals surface area contributed by atoms with Gasteiger partial charge in [-0.2, -0.15) is 0 Å². The highest BCUT2D eigenvalue weighted by atomic mass is 15.2. The van der Waals surface area contributed by atoms with Gasteiger partial charge in [-0.1, -0.05) is 6.42 Å². The number of fused-ring (bicyclic) bond motifs is 1. The lowest BCUT2D eigenvalue weighted by Crippen LogP contribution is -2.41. The summed E-state index contributed by atoms with van der Waals surface area (Å²) in [5.74, 6) is 1.86. The number of hydrogen-bond acceptors (Lipinski definition) is 3. The van der Waals surface area contributed by atoms with Gasteiger partial charge in [0.2, 0.25) is 0 Å². The van der Waals surface area contributed by atoms with Gasteiger partial charge in [0.1, 0.15) is 0 Å². The number of nitrogens with zero attached hydrogens (tertiary/aromatic N) is 2. The van der Waals surface area contributed by atoms with Crippen LogP contribution in [0, 0.1) is 11.8 Å². The van der Waals surface area contributed by atoms with E-state index in [-0.39, 0.29) is 0 Å². The predicted octanol–water partition coefficient (Wildman–Crippen LogP) is 1.01. The minimum absolute atomic E-state index is 0.805. The van der Waals surface area contributed by atoms with Crippen molar-refractivity contribution in [3.63, 3.8) is 0 Å². The summed E-state index contributed by atoms with van der Waals surface area (Å²) >= 11 is 0. The van der Waals surface area contributed by atoms with E-state index in [0.717, 1.165) is 17.9 Å². The van der Waals surface area contributed by atoms with Crippen LogP contribution in [0.5, 0.6) is 0 Å². The standard InChI is InChI=1S/C14H27N3/c1-12-14-10-15-9-13(14)11-17(12)8-7-16-5-3-2-4-6-16/h12-15H,2-11H2,1H3. The number of rotatable bonds is 3. The molecule has 3 nitrogen and oxygen atoms in total. The number of piperidine rings is 1. The topological polar surface area (TPSA) is 18.5 Å². The number of nitrogens with one attached hydrogen (secondary N) is 1. The first-order valence-corrected chi connectivity index (χ1v) is 7.52. The normalized spacial score (nSPS) is 39.7. The summed E-state index contributed by atoms with van der Waals surface area (Å²) in [6, 6.07) is 0.805. The van der Waals surface area contributed by atoms with Gasteiger partial charge < -0.3 is 10.2 Å². The first-order valence-electron chi connectivity index (χ1n) is 7.52. The van der Waals surface area contributed by atoms with Gasteiger partial charge in [-0.15, -0.1) is 0 Å². The summed E-state index contributed by atoms with van der Waals surface area (Å²) in [4.78, 5) is 5.41. The Hall–Kier alpha value is -0.120.